The number of hydrogen-bond acceptors (Lipinski definition) is 4. The van der Waals surface area contributed by atoms with Gasteiger partial charge in [-0.2, -0.15) is 5.10 Å². The summed E-state index contributed by atoms with van der Waals surface area (Å²) in [5, 5.41) is 18.7. The molecule has 0 saturated heterocycles. The lowest BCUT2D eigenvalue weighted by atomic mass is 9.97. The summed E-state index contributed by atoms with van der Waals surface area (Å²) in [6.07, 6.45) is 5.63. The first-order valence-corrected chi connectivity index (χ1v) is 9.37. The van der Waals surface area contributed by atoms with Gasteiger partial charge < -0.3 is 15.7 Å². The van der Waals surface area contributed by atoms with Gasteiger partial charge in [0.25, 0.3) is 0 Å². The van der Waals surface area contributed by atoms with E-state index < -0.39 is 12.0 Å². The van der Waals surface area contributed by atoms with Crippen molar-refractivity contribution in [3.8, 4) is 5.69 Å². The predicted octanol–water partition coefficient (Wildman–Crippen LogP) is 1.88. The Hall–Kier alpha value is -3.16. The molecule has 2 aromatic rings. The molecular weight excluding hydrogens is 360 g/mol. The smallest absolute Gasteiger partial charge is 0.356 e. The highest BCUT2D eigenvalue weighted by Crippen LogP contribution is 2.28. The van der Waals surface area contributed by atoms with Gasteiger partial charge in [0.2, 0.25) is 11.8 Å². The number of carboxylic acid groups (broad SMARTS) is 1. The monoisotopic (exact) mass is 384 g/mol. The lowest BCUT2D eigenvalue weighted by molar-refractivity contribution is -0.129. The lowest BCUT2D eigenvalue weighted by Crippen LogP contribution is -2.49. The van der Waals surface area contributed by atoms with Crippen LogP contribution in [0, 0.1) is 5.92 Å². The zero-order chi connectivity index (χ0) is 20.1. The summed E-state index contributed by atoms with van der Waals surface area (Å²) < 4.78 is 1.48. The molecule has 1 fully saturated rings. The fraction of sp³-hybridized carbons (Fsp3) is 0.400. The Morgan fingerprint density at radius 3 is 2.64 bits per heavy atom. The molecule has 2 amide bonds. The third-order valence-corrected chi connectivity index (χ3v) is 4.96. The number of carbonyl (C=O) groups is 3. The van der Waals surface area contributed by atoms with E-state index in [2.05, 4.69) is 15.7 Å². The number of carbonyl (C=O) groups excluding carboxylic acids is 2. The van der Waals surface area contributed by atoms with Gasteiger partial charge in [-0.05, 0) is 42.5 Å². The van der Waals surface area contributed by atoms with Crippen LogP contribution in [0.1, 0.15) is 48.7 Å². The number of nitrogens with zero attached hydrogens (tertiary/aromatic N) is 2. The molecule has 3 N–H and O–H groups in total. The van der Waals surface area contributed by atoms with Crippen molar-refractivity contribution in [1.29, 1.82) is 0 Å². The van der Waals surface area contributed by atoms with E-state index in [-0.39, 0.29) is 23.4 Å². The standard InChI is InChI=1S/C20H24N4O4/c1-13(25)22-18(15-6-2-3-7-15)19(26)21-12-14-5-4-8-16(11-14)24-10-9-17(23-24)20(27)28/h4-5,8-11,15,18H,2-3,6-7,12H2,1H3,(H,21,26)(H,22,25)(H,27,28). The lowest BCUT2D eigenvalue weighted by Gasteiger charge is -2.23. The third kappa shape index (κ3) is 4.76. The van der Waals surface area contributed by atoms with Gasteiger partial charge in [-0.3, -0.25) is 9.59 Å². The second-order valence-electron chi connectivity index (χ2n) is 7.06. The first kappa shape index (κ1) is 19.6. The Labute approximate surface area is 162 Å². The zero-order valence-corrected chi connectivity index (χ0v) is 15.7. The second kappa shape index (κ2) is 8.69. The average molecular weight is 384 g/mol. The van der Waals surface area contributed by atoms with Gasteiger partial charge in [0.15, 0.2) is 5.69 Å². The number of rotatable bonds is 7. The molecular formula is C20H24N4O4. The van der Waals surface area contributed by atoms with E-state index in [0.717, 1.165) is 31.2 Å². The van der Waals surface area contributed by atoms with Crippen LogP contribution in [0.4, 0.5) is 0 Å². The summed E-state index contributed by atoms with van der Waals surface area (Å²) in [6.45, 7) is 1.73. The predicted molar refractivity (Wildman–Crippen MR) is 102 cm³/mol. The fourth-order valence-electron chi connectivity index (χ4n) is 3.60. The number of aromatic carboxylic acids is 1. The van der Waals surface area contributed by atoms with Crippen molar-refractivity contribution in [2.24, 2.45) is 5.92 Å². The Kier molecular flexibility index (Phi) is 6.08. The van der Waals surface area contributed by atoms with Crippen molar-refractivity contribution >= 4 is 17.8 Å². The summed E-state index contributed by atoms with van der Waals surface area (Å²) in [7, 11) is 0. The third-order valence-electron chi connectivity index (χ3n) is 4.96. The molecule has 0 radical (unpaired) electrons. The van der Waals surface area contributed by atoms with Gasteiger partial charge in [-0.15, -0.1) is 0 Å². The summed E-state index contributed by atoms with van der Waals surface area (Å²) in [4.78, 5) is 35.1. The van der Waals surface area contributed by atoms with E-state index in [4.69, 9.17) is 5.11 Å². The number of benzene rings is 1. The molecule has 1 aromatic heterocycles. The van der Waals surface area contributed by atoms with Gasteiger partial charge in [0, 0.05) is 19.7 Å². The highest BCUT2D eigenvalue weighted by atomic mass is 16.4. The molecule has 1 unspecified atom stereocenters. The van der Waals surface area contributed by atoms with Gasteiger partial charge in [0.1, 0.15) is 6.04 Å². The molecule has 0 spiro atoms. The van der Waals surface area contributed by atoms with E-state index in [1.807, 2.05) is 24.3 Å². The molecule has 3 rings (SSSR count). The zero-order valence-electron chi connectivity index (χ0n) is 15.7. The van der Waals surface area contributed by atoms with Gasteiger partial charge in [-0.1, -0.05) is 25.0 Å². The number of amides is 2. The minimum atomic E-state index is -1.09. The van der Waals surface area contributed by atoms with Crippen LogP contribution in [-0.4, -0.2) is 38.7 Å². The van der Waals surface area contributed by atoms with E-state index in [1.54, 1.807) is 6.20 Å². The molecule has 0 aliphatic heterocycles. The quantitative estimate of drug-likeness (QED) is 0.675. The van der Waals surface area contributed by atoms with Crippen LogP contribution in [0.5, 0.6) is 0 Å². The Balaban J connectivity index is 1.66. The van der Waals surface area contributed by atoms with Crippen molar-refractivity contribution in [3.63, 3.8) is 0 Å². The Bertz CT molecular complexity index is 871. The molecule has 0 bridgehead atoms. The van der Waals surface area contributed by atoms with Crippen LogP contribution >= 0.6 is 0 Å². The van der Waals surface area contributed by atoms with Crippen LogP contribution in [0.15, 0.2) is 36.5 Å². The van der Waals surface area contributed by atoms with E-state index in [9.17, 15) is 14.4 Å². The van der Waals surface area contributed by atoms with Crippen LogP contribution in [0.25, 0.3) is 5.69 Å². The molecule has 1 aromatic carbocycles. The molecule has 8 nitrogen and oxygen atoms in total. The molecule has 8 heteroatoms. The topological polar surface area (TPSA) is 113 Å². The number of carboxylic acids is 1. The molecule has 148 valence electrons. The summed E-state index contributed by atoms with van der Waals surface area (Å²) in [5.41, 5.74) is 1.52. The SMILES string of the molecule is CC(=O)NC(C(=O)NCc1cccc(-n2ccc(C(=O)O)n2)c1)C1CCCC1. The van der Waals surface area contributed by atoms with E-state index in [1.165, 1.54) is 17.7 Å². The molecule has 1 atom stereocenters. The van der Waals surface area contributed by atoms with E-state index in [0.29, 0.717) is 12.2 Å². The molecule has 1 aliphatic carbocycles. The van der Waals surface area contributed by atoms with Crippen LogP contribution in [0.3, 0.4) is 0 Å². The highest BCUT2D eigenvalue weighted by Gasteiger charge is 2.31. The number of hydrogen-bond donors (Lipinski definition) is 3. The van der Waals surface area contributed by atoms with Crippen molar-refractivity contribution in [2.75, 3.05) is 0 Å². The molecule has 1 saturated carbocycles. The molecule has 1 aliphatic rings. The number of aromatic nitrogens is 2. The van der Waals surface area contributed by atoms with Crippen molar-refractivity contribution in [1.82, 2.24) is 20.4 Å². The summed E-state index contributed by atoms with van der Waals surface area (Å²) in [5.74, 6) is -1.30. The Morgan fingerprint density at radius 1 is 1.25 bits per heavy atom. The molecule has 1 heterocycles. The normalized spacial score (nSPS) is 15.2. The molecule has 28 heavy (non-hydrogen) atoms. The minimum absolute atomic E-state index is 0.0339. The maximum Gasteiger partial charge on any atom is 0.356 e. The second-order valence-corrected chi connectivity index (χ2v) is 7.06. The van der Waals surface area contributed by atoms with Crippen LogP contribution in [-0.2, 0) is 16.1 Å². The Morgan fingerprint density at radius 2 is 2.00 bits per heavy atom. The minimum Gasteiger partial charge on any atom is -0.476 e. The average Bonchev–Trinajstić information content (AvgIpc) is 3.36. The van der Waals surface area contributed by atoms with Crippen LogP contribution < -0.4 is 10.6 Å². The van der Waals surface area contributed by atoms with Crippen LogP contribution in [0.2, 0.25) is 0 Å². The number of nitrogens with one attached hydrogen (secondary N) is 2. The summed E-state index contributed by atoms with van der Waals surface area (Å²) >= 11 is 0. The fourth-order valence-corrected chi connectivity index (χ4v) is 3.60. The summed E-state index contributed by atoms with van der Waals surface area (Å²) in [6, 6.07) is 8.25. The van der Waals surface area contributed by atoms with Crippen molar-refractivity contribution in [2.45, 2.75) is 45.2 Å². The van der Waals surface area contributed by atoms with E-state index >= 15 is 0 Å². The van der Waals surface area contributed by atoms with Gasteiger partial charge in [0.05, 0.1) is 5.69 Å². The van der Waals surface area contributed by atoms with Crippen molar-refractivity contribution in [3.05, 3.63) is 47.8 Å². The highest BCUT2D eigenvalue weighted by molar-refractivity contribution is 5.87. The first-order valence-electron chi connectivity index (χ1n) is 9.37. The van der Waals surface area contributed by atoms with Crippen molar-refractivity contribution < 1.29 is 19.5 Å². The maximum absolute atomic E-state index is 12.7. The van der Waals surface area contributed by atoms with Gasteiger partial charge in [-0.25, -0.2) is 9.48 Å². The largest absolute Gasteiger partial charge is 0.476 e. The van der Waals surface area contributed by atoms with Gasteiger partial charge >= 0.3 is 5.97 Å². The first-order chi connectivity index (χ1) is 13.4. The maximum atomic E-state index is 12.7.